The fourth-order valence-corrected chi connectivity index (χ4v) is 2.46. The minimum atomic E-state index is -1.43. The van der Waals surface area contributed by atoms with E-state index in [0.717, 1.165) is 4.90 Å². The molecule has 1 fully saturated rings. The average molecular weight is 344 g/mol. The normalized spacial score (nSPS) is 28.0. The number of aliphatic hydroxyl groups excluding tert-OH is 3. The number of rotatable bonds is 4. The van der Waals surface area contributed by atoms with Crippen LogP contribution in [0.15, 0.2) is 46.9 Å². The first-order valence-electron chi connectivity index (χ1n) is 7.35. The Hall–Kier alpha value is -3.02. The molecule has 0 spiro atoms. The van der Waals surface area contributed by atoms with E-state index in [0.29, 0.717) is 5.56 Å². The van der Waals surface area contributed by atoms with Gasteiger partial charge in [-0.15, -0.1) is 4.90 Å². The molecule has 0 aliphatic carbocycles. The number of aliphatic imine (C=N–C) groups is 1. The van der Waals surface area contributed by atoms with Crippen molar-refractivity contribution in [2.45, 2.75) is 24.5 Å². The van der Waals surface area contributed by atoms with E-state index < -0.39 is 36.4 Å². The number of hydrogen-bond acceptors (Lipinski definition) is 9. The van der Waals surface area contributed by atoms with Gasteiger partial charge in [0.15, 0.2) is 0 Å². The van der Waals surface area contributed by atoms with E-state index in [9.17, 15) is 20.1 Å². The Balaban J connectivity index is 1.63. The molecular formula is C16H14N3O6+. The minimum Gasteiger partial charge on any atom is -0.459 e. The van der Waals surface area contributed by atoms with Gasteiger partial charge in [0.05, 0.1) is 5.56 Å². The van der Waals surface area contributed by atoms with Crippen molar-refractivity contribution in [3.05, 3.63) is 47.5 Å². The number of nitriles is 1. The fraction of sp³-hybridized carbons (Fsp3) is 0.312. The van der Waals surface area contributed by atoms with Crippen molar-refractivity contribution in [2.24, 2.45) is 4.99 Å². The molecule has 0 unspecified atom stereocenters. The van der Waals surface area contributed by atoms with Gasteiger partial charge in [0.2, 0.25) is 12.3 Å². The predicted molar refractivity (Wildman–Crippen MR) is 81.9 cm³/mol. The van der Waals surface area contributed by atoms with Crippen molar-refractivity contribution in [1.29, 1.82) is 5.26 Å². The van der Waals surface area contributed by atoms with Crippen LogP contribution in [-0.4, -0.2) is 63.7 Å². The Bertz CT molecular complexity index is 757. The standard InChI is InChI=1S/C16H13N3O6/c17-6-10-14(22)19(8-18-10)15-13(21)12(20)11(25-15)7-24-16(23)9-4-2-1-3-5-9/h1-5,11-13,15,20-21H,7H2/p+1/t11-,12-,13-,15-/m1/s1. The topological polar surface area (TPSA) is 136 Å². The Morgan fingerprint density at radius 3 is 2.72 bits per heavy atom. The number of allylic oxidation sites excluding steroid dienone is 1. The first-order valence-corrected chi connectivity index (χ1v) is 7.35. The monoisotopic (exact) mass is 344 g/mol. The SMILES string of the molecule is N#CC1=C(O)N([C@@H]2O[C@H](COC(=O)c3ccccc3)[C@@H](O)[C@H]2O)[C+]=N1. The number of benzene rings is 1. The Morgan fingerprint density at radius 1 is 1.36 bits per heavy atom. The third-order valence-electron chi connectivity index (χ3n) is 3.80. The number of esters is 1. The Morgan fingerprint density at radius 2 is 2.08 bits per heavy atom. The van der Waals surface area contributed by atoms with Crippen LogP contribution >= 0.6 is 0 Å². The summed E-state index contributed by atoms with van der Waals surface area (Å²) in [5.41, 5.74) is 0.0515. The summed E-state index contributed by atoms with van der Waals surface area (Å²) < 4.78 is 10.5. The van der Waals surface area contributed by atoms with Crippen LogP contribution in [0, 0.1) is 11.3 Å². The quantitative estimate of drug-likeness (QED) is 0.503. The van der Waals surface area contributed by atoms with Gasteiger partial charge in [0.25, 0.3) is 6.34 Å². The van der Waals surface area contributed by atoms with Gasteiger partial charge in [0.1, 0.15) is 24.9 Å². The van der Waals surface area contributed by atoms with Gasteiger partial charge in [-0.1, -0.05) is 18.2 Å². The lowest BCUT2D eigenvalue weighted by molar-refractivity contribution is -0.0729. The summed E-state index contributed by atoms with van der Waals surface area (Å²) in [6.07, 6.45) is -2.71. The van der Waals surface area contributed by atoms with Crippen LogP contribution in [0.5, 0.6) is 0 Å². The lowest BCUT2D eigenvalue weighted by Crippen LogP contribution is -2.42. The van der Waals surface area contributed by atoms with E-state index in [-0.39, 0.29) is 12.3 Å². The summed E-state index contributed by atoms with van der Waals surface area (Å²) in [5, 5.41) is 38.8. The van der Waals surface area contributed by atoms with Gasteiger partial charge >= 0.3 is 17.5 Å². The molecule has 2 aliphatic rings. The third kappa shape index (κ3) is 3.15. The van der Waals surface area contributed by atoms with E-state index in [4.69, 9.17) is 14.7 Å². The van der Waals surface area contributed by atoms with Crippen LogP contribution in [0.25, 0.3) is 0 Å². The predicted octanol–water partition coefficient (Wildman–Crippen LogP) is -0.238. The molecule has 4 atom stereocenters. The molecule has 1 aromatic carbocycles. The Labute approximate surface area is 142 Å². The van der Waals surface area contributed by atoms with Crippen molar-refractivity contribution in [3.8, 4) is 6.07 Å². The number of ether oxygens (including phenoxy) is 2. The summed E-state index contributed by atoms with van der Waals surface area (Å²) >= 11 is 0. The van der Waals surface area contributed by atoms with Crippen molar-refractivity contribution in [3.63, 3.8) is 0 Å². The maximum atomic E-state index is 11.9. The fourth-order valence-electron chi connectivity index (χ4n) is 2.46. The molecule has 0 saturated carbocycles. The van der Waals surface area contributed by atoms with Crippen LogP contribution in [0.4, 0.5) is 0 Å². The highest BCUT2D eigenvalue weighted by molar-refractivity contribution is 5.89. The first kappa shape index (κ1) is 16.8. The molecule has 25 heavy (non-hydrogen) atoms. The third-order valence-corrected chi connectivity index (χ3v) is 3.80. The molecular weight excluding hydrogens is 330 g/mol. The van der Waals surface area contributed by atoms with Crippen LogP contribution in [0.3, 0.4) is 0 Å². The highest BCUT2D eigenvalue weighted by atomic mass is 16.6. The van der Waals surface area contributed by atoms with E-state index in [2.05, 4.69) is 11.3 Å². The molecule has 3 N–H and O–H groups in total. The maximum absolute atomic E-state index is 11.9. The van der Waals surface area contributed by atoms with Gasteiger partial charge in [0, 0.05) is 0 Å². The maximum Gasteiger partial charge on any atom is 0.393 e. The molecule has 1 saturated heterocycles. The van der Waals surface area contributed by atoms with Crippen molar-refractivity contribution < 1.29 is 29.6 Å². The van der Waals surface area contributed by atoms with Gasteiger partial charge < -0.3 is 24.8 Å². The molecule has 0 bridgehead atoms. The molecule has 128 valence electrons. The second kappa shape index (κ2) is 6.84. The first-order chi connectivity index (χ1) is 12.0. The van der Waals surface area contributed by atoms with Gasteiger partial charge in [-0.3, -0.25) is 0 Å². The number of hydrogen-bond donors (Lipinski definition) is 3. The summed E-state index contributed by atoms with van der Waals surface area (Å²) in [6, 6.07) is 9.93. The average Bonchev–Trinajstić information content (AvgIpc) is 3.14. The molecule has 0 radical (unpaired) electrons. The molecule has 2 heterocycles. The van der Waals surface area contributed by atoms with E-state index >= 15 is 0 Å². The van der Waals surface area contributed by atoms with Crippen LogP contribution in [0.1, 0.15) is 10.4 Å². The molecule has 1 aromatic rings. The summed E-state index contributed by atoms with van der Waals surface area (Å²) in [5.74, 6) is -1.14. The highest BCUT2D eigenvalue weighted by Gasteiger charge is 2.52. The number of nitrogens with zero attached hydrogens (tertiary/aromatic N) is 3. The van der Waals surface area contributed by atoms with Crippen LogP contribution in [0.2, 0.25) is 0 Å². The van der Waals surface area contributed by atoms with Gasteiger partial charge in [-0.2, -0.15) is 5.26 Å². The zero-order valence-electron chi connectivity index (χ0n) is 12.8. The lowest BCUT2D eigenvalue weighted by atomic mass is 10.1. The largest absolute Gasteiger partial charge is 0.459 e. The lowest BCUT2D eigenvalue weighted by Gasteiger charge is -2.16. The summed E-state index contributed by atoms with van der Waals surface area (Å²) in [4.78, 5) is 16.4. The van der Waals surface area contributed by atoms with E-state index in [1.165, 1.54) is 0 Å². The van der Waals surface area contributed by atoms with Crippen LogP contribution in [-0.2, 0) is 9.47 Å². The summed E-state index contributed by atoms with van der Waals surface area (Å²) in [6.45, 7) is -0.303. The molecule has 2 aliphatic heterocycles. The minimum absolute atomic E-state index is 0.288. The second-order valence-electron chi connectivity index (χ2n) is 5.38. The molecule has 0 aromatic heterocycles. The van der Waals surface area contributed by atoms with Crippen molar-refractivity contribution in [1.82, 2.24) is 4.90 Å². The molecule has 9 heteroatoms. The molecule has 0 amide bonds. The number of carbonyl (C=O) groups excluding carboxylic acids is 1. The zero-order chi connectivity index (χ0) is 18.0. The van der Waals surface area contributed by atoms with E-state index in [1.807, 2.05) is 0 Å². The second-order valence-corrected chi connectivity index (χ2v) is 5.38. The zero-order valence-corrected chi connectivity index (χ0v) is 12.8. The smallest absolute Gasteiger partial charge is 0.393 e. The Kier molecular flexibility index (Phi) is 4.61. The highest BCUT2D eigenvalue weighted by Crippen LogP contribution is 2.28. The van der Waals surface area contributed by atoms with E-state index in [1.54, 1.807) is 36.4 Å². The van der Waals surface area contributed by atoms with Gasteiger partial charge in [-0.05, 0) is 17.1 Å². The van der Waals surface area contributed by atoms with Gasteiger partial charge in [-0.25, -0.2) is 4.79 Å². The summed E-state index contributed by atoms with van der Waals surface area (Å²) in [7, 11) is 0. The van der Waals surface area contributed by atoms with Crippen molar-refractivity contribution in [2.75, 3.05) is 6.61 Å². The molecule has 9 nitrogen and oxygen atoms in total. The van der Waals surface area contributed by atoms with Crippen molar-refractivity contribution >= 4 is 12.3 Å². The molecule has 3 rings (SSSR count). The van der Waals surface area contributed by atoms with Crippen LogP contribution < -0.4 is 0 Å². The number of aliphatic hydroxyl groups is 3. The number of carbonyl (C=O) groups is 1.